The lowest BCUT2D eigenvalue weighted by molar-refractivity contribution is -0.136. The van der Waals surface area contributed by atoms with Gasteiger partial charge in [0, 0.05) is 13.0 Å². The van der Waals surface area contributed by atoms with E-state index in [1.54, 1.807) is 12.1 Å². The van der Waals surface area contributed by atoms with Crippen molar-refractivity contribution in [3.8, 4) is 5.75 Å². The van der Waals surface area contributed by atoms with E-state index in [0.717, 1.165) is 0 Å². The second-order valence-corrected chi connectivity index (χ2v) is 5.92. The number of hydrogen-bond donors (Lipinski definition) is 1. The summed E-state index contributed by atoms with van der Waals surface area (Å²) in [6, 6.07) is 7.24. The molecule has 0 unspecified atom stereocenters. The van der Waals surface area contributed by atoms with Gasteiger partial charge >= 0.3 is 5.97 Å². The molecular weight excluding hydrogens is 282 g/mol. The fourth-order valence-electron chi connectivity index (χ4n) is 2.08. The molecule has 1 rings (SSSR count). The molecule has 0 aromatic heterocycles. The number of ether oxygens (including phenoxy) is 1. The second kappa shape index (κ2) is 8.41. The Kier molecular flexibility index (Phi) is 6.89. The van der Waals surface area contributed by atoms with Crippen LogP contribution in [-0.2, 0) is 9.59 Å². The molecule has 22 heavy (non-hydrogen) atoms. The number of carbonyl (C=O) groups is 2. The number of nitrogens with zero attached hydrogens (tertiary/aromatic N) is 1. The fourth-order valence-corrected chi connectivity index (χ4v) is 2.08. The van der Waals surface area contributed by atoms with Crippen LogP contribution in [0.3, 0.4) is 0 Å². The van der Waals surface area contributed by atoms with E-state index in [2.05, 4.69) is 0 Å². The molecule has 0 saturated carbocycles. The highest BCUT2D eigenvalue weighted by Gasteiger charge is 2.21. The molecule has 122 valence electrons. The zero-order valence-corrected chi connectivity index (χ0v) is 13.7. The summed E-state index contributed by atoms with van der Waals surface area (Å²) in [6.45, 7) is 7.88. The Morgan fingerprint density at radius 1 is 1.18 bits per heavy atom. The van der Waals surface area contributed by atoms with Gasteiger partial charge in [-0.05, 0) is 31.9 Å². The van der Waals surface area contributed by atoms with Gasteiger partial charge in [0.25, 0.3) is 0 Å². The highest BCUT2D eigenvalue weighted by Crippen LogP contribution is 2.30. The third-order valence-corrected chi connectivity index (χ3v) is 2.95. The molecule has 0 bridgehead atoms. The first kappa shape index (κ1) is 18.0. The van der Waals surface area contributed by atoms with Gasteiger partial charge in [0.1, 0.15) is 5.75 Å². The van der Waals surface area contributed by atoms with Crippen molar-refractivity contribution >= 4 is 17.6 Å². The number of amides is 1. The molecule has 0 aliphatic heterocycles. The molecule has 0 aliphatic rings. The van der Waals surface area contributed by atoms with E-state index in [9.17, 15) is 9.59 Å². The highest BCUT2D eigenvalue weighted by atomic mass is 16.5. The third-order valence-electron chi connectivity index (χ3n) is 2.95. The normalized spacial score (nSPS) is 10.8. The lowest BCUT2D eigenvalue weighted by atomic mass is 10.1. The number of anilines is 1. The van der Waals surface area contributed by atoms with Gasteiger partial charge in [-0.15, -0.1) is 0 Å². The molecule has 0 aliphatic carbocycles. The van der Waals surface area contributed by atoms with Crippen LogP contribution < -0.4 is 9.64 Å². The average molecular weight is 307 g/mol. The number of carbonyl (C=O) groups excluding carboxylic acids is 1. The highest BCUT2D eigenvalue weighted by molar-refractivity contribution is 5.95. The summed E-state index contributed by atoms with van der Waals surface area (Å²) in [6.07, 6.45) is 0.248. The van der Waals surface area contributed by atoms with E-state index in [1.165, 1.54) is 4.90 Å². The van der Waals surface area contributed by atoms with Crippen LogP contribution >= 0.6 is 0 Å². The van der Waals surface area contributed by atoms with E-state index < -0.39 is 5.97 Å². The Morgan fingerprint density at radius 2 is 1.82 bits per heavy atom. The molecule has 0 heterocycles. The van der Waals surface area contributed by atoms with Crippen molar-refractivity contribution < 1.29 is 19.4 Å². The van der Waals surface area contributed by atoms with Crippen LogP contribution in [0.2, 0.25) is 0 Å². The molecule has 1 aromatic rings. The second-order valence-electron chi connectivity index (χ2n) is 5.92. The van der Waals surface area contributed by atoms with Gasteiger partial charge in [0.15, 0.2) is 0 Å². The summed E-state index contributed by atoms with van der Waals surface area (Å²) < 4.78 is 5.75. The van der Waals surface area contributed by atoms with Gasteiger partial charge in [-0.3, -0.25) is 9.59 Å². The number of carboxylic acid groups (broad SMARTS) is 1. The molecule has 1 aromatic carbocycles. The van der Waals surface area contributed by atoms with Crippen molar-refractivity contribution in [2.45, 2.75) is 46.6 Å². The van der Waals surface area contributed by atoms with Crippen LogP contribution in [0.4, 0.5) is 5.69 Å². The minimum absolute atomic E-state index is 0.0253. The van der Waals surface area contributed by atoms with Crippen molar-refractivity contribution in [2.24, 2.45) is 5.92 Å². The largest absolute Gasteiger partial charge is 0.489 e. The minimum Gasteiger partial charge on any atom is -0.489 e. The minimum atomic E-state index is -0.926. The van der Waals surface area contributed by atoms with E-state index in [4.69, 9.17) is 9.84 Å². The first-order chi connectivity index (χ1) is 10.3. The Morgan fingerprint density at radius 3 is 2.36 bits per heavy atom. The third kappa shape index (κ3) is 5.76. The Balaban J connectivity index is 3.08. The first-order valence-electron chi connectivity index (χ1n) is 7.59. The maximum Gasteiger partial charge on any atom is 0.305 e. The summed E-state index contributed by atoms with van der Waals surface area (Å²) in [5.41, 5.74) is 0.628. The zero-order valence-electron chi connectivity index (χ0n) is 13.7. The van der Waals surface area contributed by atoms with Crippen LogP contribution in [0.25, 0.3) is 0 Å². The molecule has 1 N–H and O–H groups in total. The summed E-state index contributed by atoms with van der Waals surface area (Å²) >= 11 is 0. The molecule has 0 fully saturated rings. The lowest BCUT2D eigenvalue weighted by Crippen LogP contribution is -2.34. The zero-order chi connectivity index (χ0) is 16.7. The number of rotatable bonds is 8. The predicted molar refractivity (Wildman–Crippen MR) is 86.3 cm³/mol. The average Bonchev–Trinajstić information content (AvgIpc) is 2.38. The molecule has 0 atom stereocenters. The van der Waals surface area contributed by atoms with Gasteiger partial charge < -0.3 is 14.7 Å². The molecule has 5 nitrogen and oxygen atoms in total. The molecule has 1 amide bonds. The monoisotopic (exact) mass is 307 g/mol. The van der Waals surface area contributed by atoms with Gasteiger partial charge in [0.05, 0.1) is 18.2 Å². The van der Waals surface area contributed by atoms with Crippen LogP contribution in [0, 0.1) is 5.92 Å². The fraction of sp³-hybridized carbons (Fsp3) is 0.529. The number of para-hydroxylation sites is 2. The number of aliphatic carboxylic acids is 1. The van der Waals surface area contributed by atoms with E-state index in [0.29, 0.717) is 17.9 Å². The number of carboxylic acids is 1. The van der Waals surface area contributed by atoms with E-state index in [-0.39, 0.29) is 30.9 Å². The van der Waals surface area contributed by atoms with Crippen molar-refractivity contribution in [1.82, 2.24) is 0 Å². The summed E-state index contributed by atoms with van der Waals surface area (Å²) in [5, 5.41) is 8.92. The molecule has 0 saturated heterocycles. The standard InChI is InChI=1S/C17H25NO4/c1-12(2)11-16(19)18(10-9-17(20)21)14-7-5-6-8-15(14)22-13(3)4/h5-8,12-13H,9-11H2,1-4H3,(H,20,21). The Labute approximate surface area is 131 Å². The SMILES string of the molecule is CC(C)CC(=O)N(CCC(=O)O)c1ccccc1OC(C)C. The summed E-state index contributed by atoms with van der Waals surface area (Å²) in [7, 11) is 0. The smallest absolute Gasteiger partial charge is 0.305 e. The van der Waals surface area contributed by atoms with Crippen molar-refractivity contribution in [3.63, 3.8) is 0 Å². The molecule has 0 radical (unpaired) electrons. The topological polar surface area (TPSA) is 66.8 Å². The van der Waals surface area contributed by atoms with Crippen LogP contribution in [-0.4, -0.2) is 29.6 Å². The summed E-state index contributed by atoms with van der Waals surface area (Å²) in [5.74, 6) is -0.210. The van der Waals surface area contributed by atoms with Crippen molar-refractivity contribution in [1.29, 1.82) is 0 Å². The maximum absolute atomic E-state index is 12.5. The van der Waals surface area contributed by atoms with Gasteiger partial charge in [-0.2, -0.15) is 0 Å². The van der Waals surface area contributed by atoms with Crippen LogP contribution in [0.5, 0.6) is 5.75 Å². The van der Waals surface area contributed by atoms with Crippen molar-refractivity contribution in [3.05, 3.63) is 24.3 Å². The quantitative estimate of drug-likeness (QED) is 0.800. The predicted octanol–water partition coefficient (Wildman–Crippen LogP) is 3.33. The molecule has 5 heteroatoms. The van der Waals surface area contributed by atoms with Crippen molar-refractivity contribution in [2.75, 3.05) is 11.4 Å². The van der Waals surface area contributed by atoms with Gasteiger partial charge in [-0.25, -0.2) is 0 Å². The molecular formula is C17H25NO4. The van der Waals surface area contributed by atoms with Crippen LogP contribution in [0.15, 0.2) is 24.3 Å². The molecule has 0 spiro atoms. The van der Waals surface area contributed by atoms with E-state index in [1.807, 2.05) is 39.8 Å². The first-order valence-corrected chi connectivity index (χ1v) is 7.59. The Hall–Kier alpha value is -2.04. The Bertz CT molecular complexity index is 511. The lowest BCUT2D eigenvalue weighted by Gasteiger charge is -2.26. The van der Waals surface area contributed by atoms with Gasteiger partial charge in [0.2, 0.25) is 5.91 Å². The number of benzene rings is 1. The van der Waals surface area contributed by atoms with Gasteiger partial charge in [-0.1, -0.05) is 26.0 Å². The summed E-state index contributed by atoms with van der Waals surface area (Å²) in [4.78, 5) is 24.9. The number of hydrogen-bond acceptors (Lipinski definition) is 3. The van der Waals surface area contributed by atoms with E-state index >= 15 is 0 Å². The maximum atomic E-state index is 12.5. The van der Waals surface area contributed by atoms with Crippen LogP contribution in [0.1, 0.15) is 40.5 Å².